The molecule has 1 saturated carbocycles. The Morgan fingerprint density at radius 1 is 1.06 bits per heavy atom. The van der Waals surface area contributed by atoms with E-state index in [2.05, 4.69) is 11.3 Å². The summed E-state index contributed by atoms with van der Waals surface area (Å²) in [4.78, 5) is 11.5. The van der Waals surface area contributed by atoms with E-state index in [9.17, 15) is 23.4 Å². The highest BCUT2D eigenvalue weighted by Gasteiger charge is 2.51. The van der Waals surface area contributed by atoms with Crippen LogP contribution in [0.4, 0.5) is 0 Å². The minimum atomic E-state index is -3.93. The average molecular weight is 452 g/mol. The lowest BCUT2D eigenvalue weighted by atomic mass is 9.91. The number of ether oxygens (including phenoxy) is 1. The first kappa shape index (κ1) is 20.7. The second-order valence-corrected chi connectivity index (χ2v) is 9.86. The van der Waals surface area contributed by atoms with Crippen molar-refractivity contribution in [1.29, 1.82) is 0 Å². The Morgan fingerprint density at radius 2 is 1.81 bits per heavy atom. The summed E-state index contributed by atoms with van der Waals surface area (Å²) in [6.45, 7) is 3.61. The highest BCUT2D eigenvalue weighted by Crippen LogP contribution is 2.50. The largest absolute Gasteiger partial charge is 0.489 e. The van der Waals surface area contributed by atoms with Gasteiger partial charge in [0.2, 0.25) is 10.0 Å². The van der Waals surface area contributed by atoms with Crippen LogP contribution < -0.4 is 9.46 Å². The third kappa shape index (κ3) is 3.28. The molecule has 3 N–H and O–H groups in total. The van der Waals surface area contributed by atoms with Gasteiger partial charge in [0.25, 0.3) is 0 Å². The van der Waals surface area contributed by atoms with E-state index < -0.39 is 40.2 Å². The number of carboxylic acid groups (broad SMARTS) is 1. The first-order valence-electron chi connectivity index (χ1n) is 10.2. The van der Waals surface area contributed by atoms with E-state index in [4.69, 9.17) is 4.74 Å². The van der Waals surface area contributed by atoms with Crippen LogP contribution in [0.2, 0.25) is 0 Å². The SMILES string of the molecule is C=C(C(=O)O)c1cccc2c1OC1CC(O)C(NS(=O)(=O)c3ccc4ccccc4c3)C21. The summed E-state index contributed by atoms with van der Waals surface area (Å²) in [5, 5.41) is 21.7. The number of carboxylic acids is 1. The molecular formula is C24H21NO6S. The molecule has 0 amide bonds. The molecule has 1 fully saturated rings. The second kappa shape index (κ2) is 7.44. The van der Waals surface area contributed by atoms with Crippen LogP contribution in [0.3, 0.4) is 0 Å². The lowest BCUT2D eigenvalue weighted by Crippen LogP contribution is -2.43. The maximum atomic E-state index is 13.2. The molecule has 164 valence electrons. The number of aliphatic hydroxyl groups is 1. The molecule has 3 aromatic rings. The summed E-state index contributed by atoms with van der Waals surface area (Å²) in [5.41, 5.74) is 0.920. The Hall–Kier alpha value is -3.20. The molecule has 7 nitrogen and oxygen atoms in total. The topological polar surface area (TPSA) is 113 Å². The molecule has 1 aliphatic carbocycles. The van der Waals surface area contributed by atoms with E-state index in [1.165, 1.54) is 6.07 Å². The van der Waals surface area contributed by atoms with Crippen molar-refractivity contribution in [2.24, 2.45) is 0 Å². The first-order valence-corrected chi connectivity index (χ1v) is 11.7. The minimum Gasteiger partial charge on any atom is -0.489 e. The van der Waals surface area contributed by atoms with Gasteiger partial charge >= 0.3 is 5.97 Å². The summed E-state index contributed by atoms with van der Waals surface area (Å²) < 4.78 is 35.0. The average Bonchev–Trinajstić information content (AvgIpc) is 3.28. The van der Waals surface area contributed by atoms with Crippen molar-refractivity contribution in [2.75, 3.05) is 0 Å². The number of hydrogen-bond acceptors (Lipinski definition) is 5. The molecule has 5 rings (SSSR count). The summed E-state index contributed by atoms with van der Waals surface area (Å²) in [7, 11) is -3.93. The number of benzene rings is 3. The van der Waals surface area contributed by atoms with E-state index in [1.54, 1.807) is 30.3 Å². The molecule has 0 saturated heterocycles. The Morgan fingerprint density at radius 3 is 2.56 bits per heavy atom. The Labute approximate surface area is 185 Å². The van der Waals surface area contributed by atoms with E-state index >= 15 is 0 Å². The Kier molecular flexibility index (Phi) is 4.81. The van der Waals surface area contributed by atoms with Crippen molar-refractivity contribution in [3.8, 4) is 5.75 Å². The van der Waals surface area contributed by atoms with Crippen LogP contribution in [0.15, 0.2) is 72.1 Å². The van der Waals surface area contributed by atoms with Gasteiger partial charge in [-0.25, -0.2) is 17.9 Å². The van der Waals surface area contributed by atoms with Crippen LogP contribution in [0.1, 0.15) is 23.5 Å². The standard InChI is InChI=1S/C24H21NO6S/c1-13(24(27)28)17-7-4-8-18-21-20(31-23(17)18)12-19(26)22(21)25-32(29,30)16-10-9-14-5-2-3-6-15(14)11-16/h2-11,19-22,25-26H,1,12H2,(H,27,28). The van der Waals surface area contributed by atoms with Crippen LogP contribution >= 0.6 is 0 Å². The molecule has 8 heteroatoms. The van der Waals surface area contributed by atoms with Crippen molar-refractivity contribution < 1.29 is 28.2 Å². The van der Waals surface area contributed by atoms with Crippen molar-refractivity contribution in [2.45, 2.75) is 35.5 Å². The van der Waals surface area contributed by atoms with Crippen molar-refractivity contribution in [3.05, 3.63) is 78.4 Å². The molecular weight excluding hydrogens is 430 g/mol. The maximum absolute atomic E-state index is 13.2. The molecule has 4 atom stereocenters. The lowest BCUT2D eigenvalue weighted by molar-refractivity contribution is -0.130. The van der Waals surface area contributed by atoms with Gasteiger partial charge in [-0.2, -0.15) is 0 Å². The highest BCUT2D eigenvalue weighted by atomic mass is 32.2. The van der Waals surface area contributed by atoms with Gasteiger partial charge in [-0.05, 0) is 22.9 Å². The number of fused-ring (bicyclic) bond motifs is 4. The van der Waals surface area contributed by atoms with Crippen LogP contribution in [-0.4, -0.2) is 42.8 Å². The number of para-hydroxylation sites is 1. The molecule has 0 radical (unpaired) electrons. The minimum absolute atomic E-state index is 0.101. The van der Waals surface area contributed by atoms with E-state index in [-0.39, 0.29) is 16.9 Å². The number of sulfonamides is 1. The lowest BCUT2D eigenvalue weighted by Gasteiger charge is -2.22. The summed E-state index contributed by atoms with van der Waals surface area (Å²) >= 11 is 0. The van der Waals surface area contributed by atoms with Crippen molar-refractivity contribution in [1.82, 2.24) is 4.72 Å². The van der Waals surface area contributed by atoms with Gasteiger partial charge in [-0.15, -0.1) is 0 Å². The van der Waals surface area contributed by atoms with Gasteiger partial charge in [-0.3, -0.25) is 0 Å². The monoisotopic (exact) mass is 451 g/mol. The predicted octanol–water partition coefficient (Wildman–Crippen LogP) is 2.89. The van der Waals surface area contributed by atoms with Crippen LogP contribution in [-0.2, 0) is 14.8 Å². The zero-order valence-electron chi connectivity index (χ0n) is 16.9. The number of aliphatic hydroxyl groups excluding tert-OH is 1. The normalized spacial score (nSPS) is 24.0. The van der Waals surface area contributed by atoms with Gasteiger partial charge in [0.1, 0.15) is 11.9 Å². The smallest absolute Gasteiger partial charge is 0.335 e. The van der Waals surface area contributed by atoms with Crippen LogP contribution in [0.25, 0.3) is 16.3 Å². The quantitative estimate of drug-likeness (QED) is 0.514. The number of hydrogen-bond donors (Lipinski definition) is 3. The van der Waals surface area contributed by atoms with E-state index in [0.717, 1.165) is 10.8 Å². The fraction of sp³-hybridized carbons (Fsp3) is 0.208. The zero-order chi connectivity index (χ0) is 22.6. The van der Waals surface area contributed by atoms with Gasteiger partial charge in [0.05, 0.1) is 22.6 Å². The van der Waals surface area contributed by atoms with Gasteiger partial charge in [0.15, 0.2) is 0 Å². The zero-order valence-corrected chi connectivity index (χ0v) is 17.7. The Balaban J connectivity index is 1.49. The van der Waals surface area contributed by atoms with Crippen LogP contribution in [0, 0.1) is 0 Å². The van der Waals surface area contributed by atoms with Gasteiger partial charge in [0, 0.05) is 23.5 Å². The third-order valence-electron chi connectivity index (χ3n) is 6.26. The number of nitrogens with one attached hydrogen (secondary N) is 1. The summed E-state index contributed by atoms with van der Waals surface area (Å²) in [6.07, 6.45) is -1.18. The Bertz CT molecular complexity index is 1370. The second-order valence-electron chi connectivity index (χ2n) is 8.15. The van der Waals surface area contributed by atoms with E-state index in [0.29, 0.717) is 16.9 Å². The fourth-order valence-corrected chi connectivity index (χ4v) is 6.03. The van der Waals surface area contributed by atoms with Gasteiger partial charge < -0.3 is 14.9 Å². The maximum Gasteiger partial charge on any atom is 0.335 e. The predicted molar refractivity (Wildman–Crippen MR) is 119 cm³/mol. The number of rotatable bonds is 5. The third-order valence-corrected chi connectivity index (χ3v) is 7.71. The number of aliphatic carboxylic acids is 1. The molecule has 2 aliphatic rings. The molecule has 1 heterocycles. The fourth-order valence-electron chi connectivity index (χ4n) is 4.70. The molecule has 4 unspecified atom stereocenters. The molecule has 0 spiro atoms. The van der Waals surface area contributed by atoms with Gasteiger partial charge in [-0.1, -0.05) is 55.1 Å². The molecule has 0 bridgehead atoms. The summed E-state index contributed by atoms with van der Waals surface area (Å²) in [5.74, 6) is -1.22. The highest BCUT2D eigenvalue weighted by molar-refractivity contribution is 7.89. The number of carbonyl (C=O) groups is 1. The molecule has 32 heavy (non-hydrogen) atoms. The van der Waals surface area contributed by atoms with E-state index in [1.807, 2.05) is 24.3 Å². The molecule has 3 aromatic carbocycles. The summed E-state index contributed by atoms with van der Waals surface area (Å²) in [6, 6.07) is 16.6. The van der Waals surface area contributed by atoms with Crippen LogP contribution in [0.5, 0.6) is 5.75 Å². The van der Waals surface area contributed by atoms with Crippen molar-refractivity contribution >= 4 is 32.3 Å². The molecule has 1 aliphatic heterocycles. The van der Waals surface area contributed by atoms with Crippen molar-refractivity contribution in [3.63, 3.8) is 0 Å². The molecule has 0 aromatic heterocycles. The first-order chi connectivity index (χ1) is 15.3.